The van der Waals surface area contributed by atoms with E-state index in [1.165, 1.54) is 41.3 Å². The molecule has 4 aromatic rings. The molecule has 0 saturated heterocycles. The van der Waals surface area contributed by atoms with Gasteiger partial charge in [0.1, 0.15) is 23.4 Å². The van der Waals surface area contributed by atoms with Gasteiger partial charge in [0.15, 0.2) is 6.61 Å². The smallest absolute Gasteiger partial charge is 0.261 e. The SMILES string of the molecule is COc1ccc(CN(C(=O)COc2ccc(S(=O)(=O)Nc3ccc(F)cc3)cc2)[C@H](C)C(=O)NCc2ccccc2Cl)cc1. The summed E-state index contributed by atoms with van der Waals surface area (Å²) in [6.07, 6.45) is 0. The van der Waals surface area contributed by atoms with Gasteiger partial charge in [0.2, 0.25) is 5.91 Å². The Labute approximate surface area is 260 Å². The predicted octanol–water partition coefficient (Wildman–Crippen LogP) is 5.40. The first-order valence-corrected chi connectivity index (χ1v) is 15.4. The molecule has 0 aliphatic carbocycles. The normalized spacial score (nSPS) is 11.7. The van der Waals surface area contributed by atoms with Crippen LogP contribution in [-0.2, 0) is 32.7 Å². The highest BCUT2D eigenvalue weighted by Crippen LogP contribution is 2.21. The van der Waals surface area contributed by atoms with Crippen LogP contribution in [0.2, 0.25) is 5.02 Å². The molecule has 0 aromatic heterocycles. The van der Waals surface area contributed by atoms with Crippen molar-refractivity contribution in [1.29, 1.82) is 0 Å². The standard InChI is InChI=1S/C32H31ClFN3O6S/c1-22(32(39)35-19-24-5-3-4-6-30(24)33)37(20-23-7-13-27(42-2)14-8-23)31(38)21-43-28-15-17-29(18-16-28)44(40,41)36-26-11-9-25(34)10-12-26/h3-18,22,36H,19-21H2,1-2H3,(H,35,39)/t22-/m1/s1. The number of nitrogens with one attached hydrogen (secondary N) is 2. The van der Waals surface area contributed by atoms with Crippen LogP contribution in [0.25, 0.3) is 0 Å². The fourth-order valence-corrected chi connectivity index (χ4v) is 5.42. The summed E-state index contributed by atoms with van der Waals surface area (Å²) in [5.74, 6) is -0.428. The molecule has 0 saturated carbocycles. The van der Waals surface area contributed by atoms with Crippen molar-refractivity contribution in [1.82, 2.24) is 10.2 Å². The van der Waals surface area contributed by atoms with Crippen molar-refractivity contribution < 1.29 is 31.9 Å². The lowest BCUT2D eigenvalue weighted by Crippen LogP contribution is -2.48. The molecule has 2 N–H and O–H groups in total. The Balaban J connectivity index is 1.43. The molecule has 2 amide bonds. The van der Waals surface area contributed by atoms with E-state index in [1.807, 2.05) is 6.07 Å². The molecule has 0 radical (unpaired) electrons. The van der Waals surface area contributed by atoms with Crippen LogP contribution in [0, 0.1) is 5.82 Å². The first-order chi connectivity index (χ1) is 21.1. The monoisotopic (exact) mass is 639 g/mol. The quantitative estimate of drug-likeness (QED) is 0.203. The minimum absolute atomic E-state index is 0.0505. The highest BCUT2D eigenvalue weighted by Gasteiger charge is 2.27. The van der Waals surface area contributed by atoms with Crippen molar-refractivity contribution in [3.8, 4) is 11.5 Å². The van der Waals surface area contributed by atoms with Gasteiger partial charge in [0.05, 0.1) is 12.0 Å². The number of carbonyl (C=O) groups is 2. The number of hydrogen-bond acceptors (Lipinski definition) is 6. The van der Waals surface area contributed by atoms with Crippen molar-refractivity contribution in [2.75, 3.05) is 18.4 Å². The van der Waals surface area contributed by atoms with Crippen molar-refractivity contribution >= 4 is 39.1 Å². The van der Waals surface area contributed by atoms with Crippen molar-refractivity contribution in [3.05, 3.63) is 119 Å². The number of benzene rings is 4. The van der Waals surface area contributed by atoms with Crippen LogP contribution in [-0.4, -0.2) is 44.9 Å². The van der Waals surface area contributed by atoms with Crippen LogP contribution < -0.4 is 19.5 Å². The predicted molar refractivity (Wildman–Crippen MR) is 165 cm³/mol. The molecular formula is C32H31ClFN3O6S. The molecule has 0 fully saturated rings. The van der Waals surface area contributed by atoms with Crippen molar-refractivity contribution in [2.45, 2.75) is 31.0 Å². The zero-order chi connectivity index (χ0) is 31.7. The van der Waals surface area contributed by atoms with E-state index in [0.29, 0.717) is 10.8 Å². The van der Waals surface area contributed by atoms with Gasteiger partial charge in [-0.15, -0.1) is 0 Å². The van der Waals surface area contributed by atoms with Crippen molar-refractivity contribution in [2.24, 2.45) is 0 Å². The third-order valence-electron chi connectivity index (χ3n) is 6.68. The van der Waals surface area contributed by atoms with Crippen LogP contribution in [0.15, 0.2) is 102 Å². The number of hydrogen-bond donors (Lipinski definition) is 2. The highest BCUT2D eigenvalue weighted by atomic mass is 35.5. The lowest BCUT2D eigenvalue weighted by Gasteiger charge is -2.29. The molecule has 0 bridgehead atoms. The molecule has 0 unspecified atom stereocenters. The van der Waals surface area contributed by atoms with Gasteiger partial charge in [-0.25, -0.2) is 12.8 Å². The van der Waals surface area contributed by atoms with Gasteiger partial charge in [-0.1, -0.05) is 41.9 Å². The number of sulfonamides is 1. The fraction of sp³-hybridized carbons (Fsp3) is 0.188. The van der Waals surface area contributed by atoms with E-state index in [-0.39, 0.29) is 35.3 Å². The lowest BCUT2D eigenvalue weighted by molar-refractivity contribution is -0.142. The van der Waals surface area contributed by atoms with Gasteiger partial charge < -0.3 is 19.7 Å². The van der Waals surface area contributed by atoms with E-state index < -0.39 is 34.4 Å². The number of methoxy groups -OCH3 is 1. The minimum atomic E-state index is -3.94. The maximum atomic E-state index is 13.4. The van der Waals surface area contributed by atoms with Crippen LogP contribution in [0.5, 0.6) is 11.5 Å². The van der Waals surface area contributed by atoms with E-state index in [4.69, 9.17) is 21.1 Å². The van der Waals surface area contributed by atoms with Crippen LogP contribution in [0.3, 0.4) is 0 Å². The van der Waals surface area contributed by atoms with Crippen LogP contribution >= 0.6 is 11.6 Å². The maximum absolute atomic E-state index is 13.4. The number of amides is 2. The molecule has 230 valence electrons. The maximum Gasteiger partial charge on any atom is 0.261 e. The molecular weight excluding hydrogens is 609 g/mol. The third kappa shape index (κ3) is 8.71. The molecule has 0 heterocycles. The second-order valence-corrected chi connectivity index (χ2v) is 11.8. The number of ether oxygens (including phenoxy) is 2. The molecule has 4 aromatic carbocycles. The molecule has 4 rings (SSSR count). The number of halogens is 2. The van der Waals surface area contributed by atoms with E-state index in [0.717, 1.165) is 23.3 Å². The largest absolute Gasteiger partial charge is 0.497 e. The Bertz CT molecular complexity index is 1680. The van der Waals surface area contributed by atoms with Crippen LogP contribution in [0.4, 0.5) is 10.1 Å². The topological polar surface area (TPSA) is 114 Å². The summed E-state index contributed by atoms with van der Waals surface area (Å²) in [5, 5.41) is 3.35. The summed E-state index contributed by atoms with van der Waals surface area (Å²) >= 11 is 6.22. The van der Waals surface area contributed by atoms with E-state index in [9.17, 15) is 22.4 Å². The number of nitrogens with zero attached hydrogens (tertiary/aromatic N) is 1. The summed E-state index contributed by atoms with van der Waals surface area (Å²) < 4.78 is 51.8. The molecule has 0 aliphatic heterocycles. The summed E-state index contributed by atoms with van der Waals surface area (Å²) in [5.41, 5.74) is 1.72. The van der Waals surface area contributed by atoms with Gasteiger partial charge in [-0.05, 0) is 84.8 Å². The number of anilines is 1. The molecule has 0 spiro atoms. The van der Waals surface area contributed by atoms with Gasteiger partial charge in [0, 0.05) is 23.8 Å². The Hall–Kier alpha value is -4.61. The second kappa shape index (κ2) is 14.7. The van der Waals surface area contributed by atoms with Crippen LogP contribution in [0.1, 0.15) is 18.1 Å². The molecule has 0 aliphatic rings. The average molecular weight is 640 g/mol. The van der Waals surface area contributed by atoms with Crippen molar-refractivity contribution in [3.63, 3.8) is 0 Å². The lowest BCUT2D eigenvalue weighted by atomic mass is 10.1. The van der Waals surface area contributed by atoms with E-state index in [1.54, 1.807) is 56.5 Å². The number of carbonyl (C=O) groups excluding carboxylic acids is 2. The van der Waals surface area contributed by atoms with Gasteiger partial charge >= 0.3 is 0 Å². The van der Waals surface area contributed by atoms with Gasteiger partial charge in [0.25, 0.3) is 15.9 Å². The molecule has 1 atom stereocenters. The first kappa shape index (κ1) is 32.3. The highest BCUT2D eigenvalue weighted by molar-refractivity contribution is 7.92. The Morgan fingerprint density at radius 1 is 0.909 bits per heavy atom. The third-order valence-corrected chi connectivity index (χ3v) is 8.45. The fourth-order valence-electron chi connectivity index (χ4n) is 4.16. The first-order valence-electron chi connectivity index (χ1n) is 13.5. The molecule has 9 nitrogen and oxygen atoms in total. The Morgan fingerprint density at radius 3 is 2.18 bits per heavy atom. The zero-order valence-corrected chi connectivity index (χ0v) is 25.6. The summed E-state index contributed by atoms with van der Waals surface area (Å²) in [7, 11) is -2.39. The molecule has 44 heavy (non-hydrogen) atoms. The number of rotatable bonds is 13. The minimum Gasteiger partial charge on any atom is -0.497 e. The Morgan fingerprint density at radius 2 is 1.55 bits per heavy atom. The Kier molecular flexibility index (Phi) is 10.8. The van der Waals surface area contributed by atoms with E-state index in [2.05, 4.69) is 10.0 Å². The zero-order valence-electron chi connectivity index (χ0n) is 24.0. The van der Waals surface area contributed by atoms with Gasteiger partial charge in [-0.3, -0.25) is 14.3 Å². The summed E-state index contributed by atoms with van der Waals surface area (Å²) in [6, 6.07) is 23.8. The summed E-state index contributed by atoms with van der Waals surface area (Å²) in [4.78, 5) is 27.9. The van der Waals surface area contributed by atoms with Gasteiger partial charge in [-0.2, -0.15) is 0 Å². The van der Waals surface area contributed by atoms with E-state index >= 15 is 0 Å². The average Bonchev–Trinajstić information content (AvgIpc) is 3.03. The second-order valence-electron chi connectivity index (χ2n) is 9.73. The summed E-state index contributed by atoms with van der Waals surface area (Å²) in [6.45, 7) is 1.53. The molecule has 12 heteroatoms.